The van der Waals surface area contributed by atoms with Crippen LogP contribution in [-0.4, -0.2) is 40.3 Å². The molecule has 20 heavy (non-hydrogen) atoms. The highest BCUT2D eigenvalue weighted by Gasteiger charge is 2.35. The summed E-state index contributed by atoms with van der Waals surface area (Å²) < 4.78 is 5.10. The van der Waals surface area contributed by atoms with E-state index in [0.29, 0.717) is 0 Å². The zero-order chi connectivity index (χ0) is 14.7. The Bertz CT molecular complexity index is 556. The number of anilines is 1. The predicted molar refractivity (Wildman–Crippen MR) is 67.6 cm³/mol. The van der Waals surface area contributed by atoms with Crippen molar-refractivity contribution >= 4 is 23.5 Å². The van der Waals surface area contributed by atoms with Gasteiger partial charge in [-0.3, -0.25) is 4.79 Å². The molecule has 1 amide bonds. The molecule has 1 aliphatic rings. The maximum absolute atomic E-state index is 11.9. The lowest BCUT2D eigenvalue weighted by Crippen LogP contribution is -2.30. The number of carbonyl (C=O) groups is 3. The molecule has 0 bridgehead atoms. The van der Waals surface area contributed by atoms with Crippen LogP contribution in [0.1, 0.15) is 23.2 Å². The van der Waals surface area contributed by atoms with E-state index in [2.05, 4.69) is 5.32 Å². The number of ether oxygens (including phenoxy) is 1. The molecule has 3 N–H and O–H groups in total. The number of carbonyl (C=O) groups excluding carboxylic acids is 1. The molecular weight excluding hydrogens is 266 g/mol. The zero-order valence-electron chi connectivity index (χ0n) is 10.4. The summed E-state index contributed by atoms with van der Waals surface area (Å²) in [6.07, 6.45) is -1.31. The Balaban J connectivity index is 2.06. The van der Waals surface area contributed by atoms with Crippen molar-refractivity contribution in [1.29, 1.82) is 0 Å². The van der Waals surface area contributed by atoms with Crippen LogP contribution in [0.25, 0.3) is 0 Å². The zero-order valence-corrected chi connectivity index (χ0v) is 10.4. The first-order valence-electron chi connectivity index (χ1n) is 6.00. The normalized spacial score (nSPS) is 21.4. The summed E-state index contributed by atoms with van der Waals surface area (Å²) in [4.78, 5) is 33.7. The van der Waals surface area contributed by atoms with Crippen LogP contribution in [0, 0.1) is 0 Å². The molecule has 0 radical (unpaired) electrons. The van der Waals surface area contributed by atoms with E-state index in [1.807, 2.05) is 0 Å². The van der Waals surface area contributed by atoms with Crippen LogP contribution >= 0.6 is 0 Å². The largest absolute Gasteiger partial charge is 0.479 e. The molecule has 1 fully saturated rings. The first-order chi connectivity index (χ1) is 9.49. The fraction of sp³-hybridized carbons (Fsp3) is 0.308. The summed E-state index contributed by atoms with van der Waals surface area (Å²) >= 11 is 0. The molecule has 1 aromatic rings. The van der Waals surface area contributed by atoms with E-state index in [1.165, 1.54) is 12.1 Å². The molecule has 2 unspecified atom stereocenters. The highest BCUT2D eigenvalue weighted by atomic mass is 16.5. The number of hydrogen-bond donors (Lipinski definition) is 3. The minimum atomic E-state index is -1.16. The molecule has 0 aliphatic carbocycles. The Kier molecular flexibility index (Phi) is 3.99. The van der Waals surface area contributed by atoms with E-state index in [1.54, 1.807) is 12.1 Å². The van der Waals surface area contributed by atoms with Crippen molar-refractivity contribution in [2.24, 2.45) is 0 Å². The van der Waals surface area contributed by atoms with Gasteiger partial charge in [0.05, 0.1) is 11.3 Å². The Labute approximate surface area is 114 Å². The number of carboxylic acids is 2. The van der Waals surface area contributed by atoms with Crippen molar-refractivity contribution in [2.75, 3.05) is 5.32 Å². The number of carboxylic acid groups (broad SMARTS) is 2. The average molecular weight is 279 g/mol. The van der Waals surface area contributed by atoms with Gasteiger partial charge in [0.15, 0.2) is 6.10 Å². The highest BCUT2D eigenvalue weighted by molar-refractivity contribution is 6.02. The molecule has 1 aliphatic heterocycles. The molecular formula is C13H13NO6. The molecule has 2 rings (SSSR count). The summed E-state index contributed by atoms with van der Waals surface area (Å²) in [6.45, 7) is 0. The number of amides is 1. The monoisotopic (exact) mass is 279 g/mol. The van der Waals surface area contributed by atoms with Crippen molar-refractivity contribution in [3.8, 4) is 0 Å². The highest BCUT2D eigenvalue weighted by Crippen LogP contribution is 2.22. The molecule has 1 saturated heterocycles. The lowest BCUT2D eigenvalue weighted by Gasteiger charge is -2.13. The van der Waals surface area contributed by atoms with Crippen LogP contribution in [0.15, 0.2) is 24.3 Å². The summed E-state index contributed by atoms with van der Waals surface area (Å²) in [5.41, 5.74) is 0.126. The van der Waals surface area contributed by atoms with E-state index in [9.17, 15) is 14.4 Å². The fourth-order valence-corrected chi connectivity index (χ4v) is 2.00. The first-order valence-corrected chi connectivity index (χ1v) is 6.00. The number of nitrogens with one attached hydrogen (secondary N) is 1. The van der Waals surface area contributed by atoms with Gasteiger partial charge in [0.1, 0.15) is 6.10 Å². The predicted octanol–water partition coefficient (Wildman–Crippen LogP) is 0.955. The number of benzene rings is 1. The standard InChI is InChI=1S/C13H13NO6/c15-11(9-5-6-10(20-9)13(18)19)14-8-4-2-1-3-7(8)12(16)17/h1-4,9-10H,5-6H2,(H,14,15)(H,16,17)(H,18,19). The SMILES string of the molecule is O=C(O)c1ccccc1NC(=O)C1CCC(C(=O)O)O1. The third-order valence-electron chi connectivity index (χ3n) is 3.00. The summed E-state index contributed by atoms with van der Waals surface area (Å²) in [5, 5.41) is 20.2. The number of para-hydroxylation sites is 1. The van der Waals surface area contributed by atoms with E-state index in [-0.39, 0.29) is 24.1 Å². The molecule has 1 heterocycles. The summed E-state index contributed by atoms with van der Waals surface area (Å²) in [5.74, 6) is -2.80. The van der Waals surface area contributed by atoms with Gasteiger partial charge in [-0.2, -0.15) is 0 Å². The Morgan fingerprint density at radius 2 is 1.75 bits per heavy atom. The van der Waals surface area contributed by atoms with Gasteiger partial charge in [0.2, 0.25) is 0 Å². The number of rotatable bonds is 4. The molecule has 2 atom stereocenters. The maximum Gasteiger partial charge on any atom is 0.337 e. The van der Waals surface area contributed by atoms with E-state index >= 15 is 0 Å². The molecule has 7 heteroatoms. The average Bonchev–Trinajstić information content (AvgIpc) is 2.89. The molecule has 7 nitrogen and oxygen atoms in total. The molecule has 1 aromatic carbocycles. The molecule has 106 valence electrons. The third-order valence-corrected chi connectivity index (χ3v) is 3.00. The van der Waals surface area contributed by atoms with Gasteiger partial charge in [0.25, 0.3) is 5.91 Å². The van der Waals surface area contributed by atoms with Crippen LogP contribution in [0.3, 0.4) is 0 Å². The van der Waals surface area contributed by atoms with Gasteiger partial charge in [-0.05, 0) is 25.0 Å². The lowest BCUT2D eigenvalue weighted by atomic mass is 10.1. The number of aliphatic carboxylic acids is 1. The van der Waals surface area contributed by atoms with Gasteiger partial charge in [-0.1, -0.05) is 12.1 Å². The minimum Gasteiger partial charge on any atom is -0.479 e. The molecule has 0 saturated carbocycles. The second-order valence-electron chi connectivity index (χ2n) is 4.37. The van der Waals surface area contributed by atoms with Crippen molar-refractivity contribution < 1.29 is 29.3 Å². The van der Waals surface area contributed by atoms with Crippen LogP contribution in [-0.2, 0) is 14.3 Å². The quantitative estimate of drug-likeness (QED) is 0.756. The fourth-order valence-electron chi connectivity index (χ4n) is 2.00. The van der Waals surface area contributed by atoms with Crippen molar-refractivity contribution in [3.63, 3.8) is 0 Å². The van der Waals surface area contributed by atoms with E-state index < -0.39 is 30.1 Å². The van der Waals surface area contributed by atoms with E-state index in [4.69, 9.17) is 14.9 Å². The van der Waals surface area contributed by atoms with Crippen LogP contribution in [0.5, 0.6) is 0 Å². The maximum atomic E-state index is 11.9. The number of aromatic carboxylic acids is 1. The molecule has 0 spiro atoms. The second-order valence-corrected chi connectivity index (χ2v) is 4.37. The van der Waals surface area contributed by atoms with E-state index in [0.717, 1.165) is 0 Å². The third kappa shape index (κ3) is 2.94. The van der Waals surface area contributed by atoms with Crippen LogP contribution in [0.4, 0.5) is 5.69 Å². The Morgan fingerprint density at radius 3 is 2.35 bits per heavy atom. The molecule has 0 aromatic heterocycles. The summed E-state index contributed by atoms with van der Waals surface area (Å²) in [7, 11) is 0. The topological polar surface area (TPSA) is 113 Å². The van der Waals surface area contributed by atoms with Crippen LogP contribution < -0.4 is 5.32 Å². The first kappa shape index (κ1) is 14.0. The van der Waals surface area contributed by atoms with Gasteiger partial charge in [-0.15, -0.1) is 0 Å². The Hall–Kier alpha value is -2.41. The van der Waals surface area contributed by atoms with Crippen molar-refractivity contribution in [1.82, 2.24) is 0 Å². The second kappa shape index (κ2) is 5.70. The van der Waals surface area contributed by atoms with Gasteiger partial charge >= 0.3 is 11.9 Å². The van der Waals surface area contributed by atoms with Gasteiger partial charge in [-0.25, -0.2) is 9.59 Å². The minimum absolute atomic E-state index is 0.0337. The smallest absolute Gasteiger partial charge is 0.337 e. The van der Waals surface area contributed by atoms with Crippen molar-refractivity contribution in [2.45, 2.75) is 25.0 Å². The summed E-state index contributed by atoms with van der Waals surface area (Å²) in [6, 6.07) is 5.97. The Morgan fingerprint density at radius 1 is 1.10 bits per heavy atom. The lowest BCUT2D eigenvalue weighted by molar-refractivity contribution is -0.150. The van der Waals surface area contributed by atoms with Crippen molar-refractivity contribution in [3.05, 3.63) is 29.8 Å². The van der Waals surface area contributed by atoms with Gasteiger partial charge in [0, 0.05) is 0 Å². The van der Waals surface area contributed by atoms with Gasteiger partial charge < -0.3 is 20.3 Å². The van der Waals surface area contributed by atoms with Crippen LogP contribution in [0.2, 0.25) is 0 Å². The number of hydrogen-bond acceptors (Lipinski definition) is 4.